The molecular weight excluding hydrogens is 544 g/mol. The van der Waals surface area contributed by atoms with E-state index in [-0.39, 0.29) is 24.4 Å². The summed E-state index contributed by atoms with van der Waals surface area (Å²) < 4.78 is 11.6. The largest absolute Gasteiger partial charge is 0.480 e. The third-order valence-corrected chi connectivity index (χ3v) is 10.8. The smallest absolute Gasteiger partial charge is 0.407 e. The Morgan fingerprint density at radius 2 is 1.44 bits per heavy atom. The SMILES string of the molecule is CC(C)(OC(=O)NCCCC[C@@H](NC(=O)OCC1c2ccccc2-c2ccccc21)C(=O)O)C12CC3CC(CC(C3)C1)C2. The lowest BCUT2D eigenvalue weighted by molar-refractivity contribution is -0.162. The standard InChI is InChI=1S/C35H44N2O6/c1-34(2,35-18-22-15-23(19-35)17-24(16-22)20-35)43-32(40)36-14-8-7-13-30(31(38)39)37-33(41)42-21-29-27-11-5-3-9-25(27)26-10-4-6-12-28(26)29/h3-6,9-12,22-24,29-30H,7-8,13-21H2,1-2H3,(H,36,40)(H,37,41)(H,38,39)/t22?,23?,24?,30-,35?/m1/s1. The van der Waals surface area contributed by atoms with Crippen LogP contribution >= 0.6 is 0 Å². The number of benzene rings is 2. The lowest BCUT2D eigenvalue weighted by Gasteiger charge is -2.61. The fourth-order valence-electron chi connectivity index (χ4n) is 8.93. The number of hydrogen-bond acceptors (Lipinski definition) is 5. The maximum Gasteiger partial charge on any atom is 0.407 e. The van der Waals surface area contributed by atoms with E-state index < -0.39 is 29.8 Å². The highest BCUT2D eigenvalue weighted by Gasteiger charge is 2.58. The third-order valence-electron chi connectivity index (χ3n) is 10.8. The van der Waals surface area contributed by atoms with Crippen LogP contribution in [0, 0.1) is 23.2 Å². The Kier molecular flexibility index (Phi) is 8.14. The van der Waals surface area contributed by atoms with Crippen molar-refractivity contribution in [2.45, 2.75) is 89.2 Å². The van der Waals surface area contributed by atoms with Crippen LogP contribution in [0.3, 0.4) is 0 Å². The van der Waals surface area contributed by atoms with E-state index in [4.69, 9.17) is 9.47 Å². The molecule has 0 aromatic heterocycles. The molecule has 43 heavy (non-hydrogen) atoms. The molecule has 0 heterocycles. The van der Waals surface area contributed by atoms with Crippen molar-refractivity contribution in [3.63, 3.8) is 0 Å². The van der Waals surface area contributed by atoms with E-state index in [1.54, 1.807) is 0 Å². The Morgan fingerprint density at radius 3 is 2.00 bits per heavy atom. The first-order chi connectivity index (χ1) is 20.6. The zero-order valence-electron chi connectivity index (χ0n) is 25.3. The zero-order chi connectivity index (χ0) is 30.2. The molecule has 2 amide bonds. The summed E-state index contributed by atoms with van der Waals surface area (Å²) in [6, 6.07) is 15.0. The van der Waals surface area contributed by atoms with Crippen LogP contribution in [0.2, 0.25) is 0 Å². The van der Waals surface area contributed by atoms with Crippen LogP contribution in [-0.4, -0.2) is 48.1 Å². The molecule has 0 radical (unpaired) electrons. The third kappa shape index (κ3) is 5.98. The maximum absolute atomic E-state index is 12.7. The van der Waals surface area contributed by atoms with Gasteiger partial charge in [0.15, 0.2) is 0 Å². The lowest BCUT2D eigenvalue weighted by Crippen LogP contribution is -2.58. The number of ether oxygens (including phenoxy) is 2. The van der Waals surface area contributed by atoms with Gasteiger partial charge < -0.3 is 25.2 Å². The van der Waals surface area contributed by atoms with Crippen molar-refractivity contribution < 1.29 is 29.0 Å². The van der Waals surface area contributed by atoms with Gasteiger partial charge in [0, 0.05) is 17.9 Å². The molecule has 0 aliphatic heterocycles. The number of alkyl carbamates (subject to hydrolysis) is 2. The summed E-state index contributed by atoms with van der Waals surface area (Å²) >= 11 is 0. The van der Waals surface area contributed by atoms with E-state index in [1.165, 1.54) is 19.3 Å². The molecule has 3 N–H and O–H groups in total. The van der Waals surface area contributed by atoms with Gasteiger partial charge in [0.1, 0.15) is 18.2 Å². The molecule has 4 saturated carbocycles. The van der Waals surface area contributed by atoms with Crippen LogP contribution in [-0.2, 0) is 14.3 Å². The minimum absolute atomic E-state index is 0.0820. The van der Waals surface area contributed by atoms with Gasteiger partial charge in [-0.25, -0.2) is 14.4 Å². The number of carbonyl (C=O) groups is 3. The number of fused-ring (bicyclic) bond motifs is 3. The van der Waals surface area contributed by atoms with E-state index in [0.717, 1.165) is 59.3 Å². The quantitative estimate of drug-likeness (QED) is 0.247. The minimum Gasteiger partial charge on any atom is -0.480 e. The fraction of sp³-hybridized carbons (Fsp3) is 0.571. The predicted octanol–water partition coefficient (Wildman–Crippen LogP) is 6.87. The number of unbranched alkanes of at least 4 members (excludes halogenated alkanes) is 1. The second kappa shape index (κ2) is 11.9. The Morgan fingerprint density at radius 1 is 0.884 bits per heavy atom. The van der Waals surface area contributed by atoms with Crippen LogP contribution in [0.15, 0.2) is 48.5 Å². The number of carboxylic acids is 1. The lowest BCUT2D eigenvalue weighted by atomic mass is 9.46. The van der Waals surface area contributed by atoms with E-state index in [1.807, 2.05) is 36.4 Å². The molecule has 0 saturated heterocycles. The summed E-state index contributed by atoms with van der Waals surface area (Å²) in [5, 5.41) is 15.1. The first-order valence-corrected chi connectivity index (χ1v) is 16.0. The van der Waals surface area contributed by atoms with Crippen molar-refractivity contribution >= 4 is 18.2 Å². The van der Waals surface area contributed by atoms with Crippen LogP contribution in [0.5, 0.6) is 0 Å². The zero-order valence-corrected chi connectivity index (χ0v) is 25.3. The van der Waals surface area contributed by atoms with Crippen LogP contribution in [0.25, 0.3) is 11.1 Å². The highest BCUT2D eigenvalue weighted by molar-refractivity contribution is 5.81. The number of carbonyl (C=O) groups excluding carboxylic acids is 2. The van der Waals surface area contributed by atoms with Crippen molar-refractivity contribution in [1.82, 2.24) is 10.6 Å². The molecule has 4 bridgehead atoms. The second-order valence-corrected chi connectivity index (χ2v) is 13.9. The number of amides is 2. The molecule has 8 nitrogen and oxygen atoms in total. The highest BCUT2D eigenvalue weighted by Crippen LogP contribution is 2.64. The Balaban J connectivity index is 0.928. The van der Waals surface area contributed by atoms with E-state index in [0.29, 0.717) is 19.4 Å². The van der Waals surface area contributed by atoms with Crippen LogP contribution < -0.4 is 10.6 Å². The van der Waals surface area contributed by atoms with Crippen molar-refractivity contribution in [3.05, 3.63) is 59.7 Å². The average Bonchev–Trinajstić information content (AvgIpc) is 3.28. The van der Waals surface area contributed by atoms with Gasteiger partial charge in [-0.3, -0.25) is 0 Å². The van der Waals surface area contributed by atoms with Crippen LogP contribution in [0.1, 0.15) is 88.7 Å². The van der Waals surface area contributed by atoms with Gasteiger partial charge in [0.25, 0.3) is 0 Å². The summed E-state index contributed by atoms with van der Waals surface area (Å²) in [6.07, 6.45) is 7.66. The molecule has 0 spiro atoms. The highest BCUT2D eigenvalue weighted by atomic mass is 16.6. The van der Waals surface area contributed by atoms with Gasteiger partial charge in [0.2, 0.25) is 0 Å². The van der Waals surface area contributed by atoms with Crippen molar-refractivity contribution in [3.8, 4) is 11.1 Å². The van der Waals surface area contributed by atoms with Gasteiger partial charge in [-0.1, -0.05) is 48.5 Å². The van der Waals surface area contributed by atoms with Crippen LogP contribution in [0.4, 0.5) is 9.59 Å². The number of nitrogens with one attached hydrogen (secondary N) is 2. The molecule has 0 unspecified atom stereocenters. The first kappa shape index (κ1) is 29.5. The van der Waals surface area contributed by atoms with E-state index >= 15 is 0 Å². The molecular formula is C35H44N2O6. The fourth-order valence-corrected chi connectivity index (χ4v) is 8.93. The Bertz CT molecular complexity index is 1290. The molecule has 2 aromatic rings. The van der Waals surface area contributed by atoms with Crippen molar-refractivity contribution in [2.75, 3.05) is 13.2 Å². The molecule has 2 aromatic carbocycles. The first-order valence-electron chi connectivity index (χ1n) is 16.0. The normalized spacial score (nSPS) is 25.9. The van der Waals surface area contributed by atoms with E-state index in [2.05, 4.69) is 36.6 Å². The number of rotatable bonds is 11. The Labute approximate surface area is 253 Å². The summed E-state index contributed by atoms with van der Waals surface area (Å²) in [7, 11) is 0. The predicted molar refractivity (Wildman–Crippen MR) is 163 cm³/mol. The van der Waals surface area contributed by atoms with Gasteiger partial charge >= 0.3 is 18.2 Å². The molecule has 230 valence electrons. The van der Waals surface area contributed by atoms with Gasteiger partial charge in [-0.2, -0.15) is 0 Å². The molecule has 8 heteroatoms. The molecule has 5 aliphatic carbocycles. The van der Waals surface area contributed by atoms with Gasteiger partial charge in [0.05, 0.1) is 0 Å². The van der Waals surface area contributed by atoms with Crippen molar-refractivity contribution in [1.29, 1.82) is 0 Å². The number of aliphatic carboxylic acids is 1. The van der Waals surface area contributed by atoms with Gasteiger partial charge in [-0.15, -0.1) is 0 Å². The Hall–Kier alpha value is -3.55. The number of hydrogen-bond donors (Lipinski definition) is 3. The van der Waals surface area contributed by atoms with Gasteiger partial charge in [-0.05, 0) is 112 Å². The molecule has 7 rings (SSSR count). The summed E-state index contributed by atoms with van der Waals surface area (Å²) in [5.74, 6) is 1.13. The molecule has 1 atom stereocenters. The van der Waals surface area contributed by atoms with Crippen molar-refractivity contribution in [2.24, 2.45) is 23.2 Å². The average molecular weight is 589 g/mol. The van der Waals surface area contributed by atoms with E-state index in [9.17, 15) is 19.5 Å². The molecule has 5 aliphatic rings. The monoisotopic (exact) mass is 588 g/mol. The second-order valence-electron chi connectivity index (χ2n) is 13.9. The maximum atomic E-state index is 12.7. The topological polar surface area (TPSA) is 114 Å². The summed E-state index contributed by atoms with van der Waals surface area (Å²) in [4.78, 5) is 37.2. The number of carboxylic acid groups (broad SMARTS) is 1. The minimum atomic E-state index is -1.11. The summed E-state index contributed by atoms with van der Waals surface area (Å²) in [5.41, 5.74) is 4.01. The molecule has 4 fully saturated rings. The summed E-state index contributed by atoms with van der Waals surface area (Å²) in [6.45, 7) is 4.66.